The lowest BCUT2D eigenvalue weighted by molar-refractivity contribution is -0.137. The van der Waals surface area contributed by atoms with Gasteiger partial charge in [-0.25, -0.2) is 0 Å². The minimum atomic E-state index is -4.66. The Morgan fingerprint density at radius 1 is 1.07 bits per heavy atom. The highest BCUT2D eigenvalue weighted by molar-refractivity contribution is 7.87. The minimum Gasteiger partial charge on any atom is -0.493 e. The first kappa shape index (κ1) is 21.0. The summed E-state index contributed by atoms with van der Waals surface area (Å²) in [6.07, 6.45) is -4.66. The van der Waals surface area contributed by atoms with Crippen molar-refractivity contribution in [3.63, 3.8) is 0 Å². The largest absolute Gasteiger partial charge is 0.493 e. The molecule has 0 unspecified atom stereocenters. The predicted molar refractivity (Wildman–Crippen MR) is 94.2 cm³/mol. The molecule has 0 saturated carbocycles. The highest BCUT2D eigenvalue weighted by Gasteiger charge is 2.32. The Hall–Kier alpha value is -2.26. The third kappa shape index (κ3) is 5.61. The molecule has 2 aromatic rings. The topological polar surface area (TPSA) is 64.6 Å². The van der Waals surface area contributed by atoms with Crippen LogP contribution >= 0.6 is 0 Å². The van der Waals surface area contributed by atoms with Gasteiger partial charge >= 0.3 is 16.3 Å². The van der Waals surface area contributed by atoms with Gasteiger partial charge in [0.1, 0.15) is 4.90 Å². The molecule has 1 N–H and O–H groups in total. The Morgan fingerprint density at radius 3 is 2.37 bits per heavy atom. The molecule has 0 atom stereocenters. The fraction of sp³-hybridized carbons (Fsp3) is 0.333. The first-order valence-corrected chi connectivity index (χ1v) is 9.46. The van der Waals surface area contributed by atoms with Crippen LogP contribution in [0.4, 0.5) is 13.2 Å². The second-order valence-corrected chi connectivity index (χ2v) is 7.63. The predicted octanol–water partition coefficient (Wildman–Crippen LogP) is 3.98. The van der Waals surface area contributed by atoms with Gasteiger partial charge in [-0.3, -0.25) is 0 Å². The lowest BCUT2D eigenvalue weighted by atomic mass is 10.2. The first-order chi connectivity index (χ1) is 12.5. The third-order valence-electron chi connectivity index (χ3n) is 3.59. The molecule has 148 valence electrons. The normalized spacial score (nSPS) is 12.3. The lowest BCUT2D eigenvalue weighted by Gasteiger charge is -2.14. The molecule has 2 rings (SSSR count). The molecule has 0 aliphatic rings. The Balaban J connectivity index is 2.35. The summed E-state index contributed by atoms with van der Waals surface area (Å²) in [6, 6.07) is 8.33. The summed E-state index contributed by atoms with van der Waals surface area (Å²) in [5.41, 5.74) is -0.340. The van der Waals surface area contributed by atoms with Gasteiger partial charge in [0.2, 0.25) is 0 Å². The molecule has 27 heavy (non-hydrogen) atoms. The van der Waals surface area contributed by atoms with Crippen LogP contribution in [0.15, 0.2) is 47.4 Å². The second kappa shape index (κ2) is 8.18. The van der Waals surface area contributed by atoms with Crippen LogP contribution < -0.4 is 14.2 Å². The van der Waals surface area contributed by atoms with Crippen LogP contribution in [0.3, 0.4) is 0 Å². The van der Waals surface area contributed by atoms with Crippen molar-refractivity contribution in [2.24, 2.45) is 0 Å². The van der Waals surface area contributed by atoms with Gasteiger partial charge in [0.25, 0.3) is 0 Å². The number of methoxy groups -OCH3 is 1. The summed E-state index contributed by atoms with van der Waals surface area (Å²) >= 11 is 0. The molecule has 0 heterocycles. The van der Waals surface area contributed by atoms with E-state index in [1.807, 2.05) is 13.8 Å². The molecule has 0 aromatic heterocycles. The molecule has 0 amide bonds. The second-order valence-electron chi connectivity index (χ2n) is 6.08. The van der Waals surface area contributed by atoms with Crippen molar-refractivity contribution in [3.8, 4) is 11.5 Å². The lowest BCUT2D eigenvalue weighted by Crippen LogP contribution is -2.21. The van der Waals surface area contributed by atoms with Gasteiger partial charge < -0.3 is 14.2 Å². The van der Waals surface area contributed by atoms with E-state index in [4.69, 9.17) is 8.92 Å². The van der Waals surface area contributed by atoms with E-state index in [2.05, 4.69) is 5.32 Å². The number of rotatable bonds is 7. The molecule has 0 saturated heterocycles. The van der Waals surface area contributed by atoms with Crippen LogP contribution in [0.5, 0.6) is 11.5 Å². The van der Waals surface area contributed by atoms with E-state index >= 15 is 0 Å². The first-order valence-electron chi connectivity index (χ1n) is 8.05. The number of ether oxygens (including phenoxy) is 1. The van der Waals surface area contributed by atoms with Gasteiger partial charge in [-0.15, -0.1) is 0 Å². The van der Waals surface area contributed by atoms with E-state index in [0.29, 0.717) is 12.6 Å². The molecule has 0 aliphatic carbocycles. The summed E-state index contributed by atoms with van der Waals surface area (Å²) in [5.74, 6) is 0.0526. The van der Waals surface area contributed by atoms with Crippen LogP contribution in [0.1, 0.15) is 25.0 Å². The molecule has 0 bridgehead atoms. The van der Waals surface area contributed by atoms with E-state index in [0.717, 1.165) is 23.8 Å². The van der Waals surface area contributed by atoms with Crippen LogP contribution in [0.2, 0.25) is 0 Å². The SMILES string of the molecule is COc1ccc(CNC(C)C)cc1OS(=O)(=O)c1cccc(C(F)(F)F)c1. The standard InChI is InChI=1S/C18H20F3NO4S/c1-12(2)22-11-13-7-8-16(25-3)17(9-13)26-27(23,24)15-6-4-5-14(10-15)18(19,20)21/h4-10,12,22H,11H2,1-3H3. The van der Waals surface area contributed by atoms with E-state index in [1.165, 1.54) is 19.2 Å². The van der Waals surface area contributed by atoms with Crippen LogP contribution in [-0.4, -0.2) is 21.6 Å². The zero-order chi connectivity index (χ0) is 20.2. The number of hydrogen-bond donors (Lipinski definition) is 1. The smallest absolute Gasteiger partial charge is 0.416 e. The average molecular weight is 403 g/mol. The molecule has 9 heteroatoms. The molecule has 2 aromatic carbocycles. The number of halogens is 3. The fourth-order valence-corrected chi connectivity index (χ4v) is 3.19. The summed E-state index contributed by atoms with van der Waals surface area (Å²) < 4.78 is 73.6. The highest BCUT2D eigenvalue weighted by Crippen LogP contribution is 2.33. The zero-order valence-electron chi connectivity index (χ0n) is 15.0. The van der Waals surface area contributed by atoms with Crippen molar-refractivity contribution in [2.75, 3.05) is 7.11 Å². The maximum absolute atomic E-state index is 12.8. The van der Waals surface area contributed by atoms with E-state index in [-0.39, 0.29) is 17.5 Å². The molecule has 5 nitrogen and oxygen atoms in total. The Bertz CT molecular complexity index is 896. The van der Waals surface area contributed by atoms with Crippen molar-refractivity contribution >= 4 is 10.1 Å². The number of hydrogen-bond acceptors (Lipinski definition) is 5. The van der Waals surface area contributed by atoms with Gasteiger partial charge in [-0.1, -0.05) is 26.0 Å². The third-order valence-corrected chi connectivity index (χ3v) is 4.82. The van der Waals surface area contributed by atoms with Gasteiger partial charge in [0.15, 0.2) is 11.5 Å². The number of nitrogens with one attached hydrogen (secondary N) is 1. The van der Waals surface area contributed by atoms with Gasteiger partial charge in [0.05, 0.1) is 12.7 Å². The van der Waals surface area contributed by atoms with Crippen LogP contribution in [0.25, 0.3) is 0 Å². The monoisotopic (exact) mass is 403 g/mol. The molecular formula is C18H20F3NO4S. The van der Waals surface area contributed by atoms with Crippen LogP contribution in [-0.2, 0) is 22.8 Å². The maximum atomic E-state index is 12.8. The Morgan fingerprint density at radius 2 is 1.78 bits per heavy atom. The summed E-state index contributed by atoms with van der Waals surface area (Å²) in [5, 5.41) is 3.17. The summed E-state index contributed by atoms with van der Waals surface area (Å²) in [4.78, 5) is -0.593. The van der Waals surface area contributed by atoms with Crippen molar-refractivity contribution in [1.82, 2.24) is 5.32 Å². The van der Waals surface area contributed by atoms with Crippen molar-refractivity contribution in [3.05, 3.63) is 53.6 Å². The molecule has 0 radical (unpaired) electrons. The zero-order valence-corrected chi connectivity index (χ0v) is 15.8. The highest BCUT2D eigenvalue weighted by atomic mass is 32.2. The van der Waals surface area contributed by atoms with Gasteiger partial charge in [-0.05, 0) is 35.9 Å². The quantitative estimate of drug-likeness (QED) is 0.709. The number of benzene rings is 2. The number of alkyl halides is 3. The van der Waals surface area contributed by atoms with Gasteiger partial charge in [-0.2, -0.15) is 21.6 Å². The molecule has 0 fully saturated rings. The summed E-state index contributed by atoms with van der Waals surface area (Å²) in [6.45, 7) is 4.37. The van der Waals surface area contributed by atoms with E-state index in [9.17, 15) is 21.6 Å². The van der Waals surface area contributed by atoms with Crippen molar-refractivity contribution < 1.29 is 30.5 Å². The molecular weight excluding hydrogens is 383 g/mol. The maximum Gasteiger partial charge on any atom is 0.416 e. The summed E-state index contributed by atoms with van der Waals surface area (Å²) in [7, 11) is -3.14. The average Bonchev–Trinajstić information content (AvgIpc) is 2.59. The van der Waals surface area contributed by atoms with Crippen LogP contribution in [0, 0.1) is 0 Å². The molecule has 0 aliphatic heterocycles. The van der Waals surface area contributed by atoms with E-state index in [1.54, 1.807) is 6.07 Å². The van der Waals surface area contributed by atoms with Crippen molar-refractivity contribution in [2.45, 2.75) is 37.5 Å². The van der Waals surface area contributed by atoms with E-state index < -0.39 is 26.8 Å². The van der Waals surface area contributed by atoms with Crippen molar-refractivity contribution in [1.29, 1.82) is 0 Å². The molecule has 0 spiro atoms. The fourth-order valence-electron chi connectivity index (χ4n) is 2.21. The minimum absolute atomic E-state index is 0.0991. The van der Waals surface area contributed by atoms with Gasteiger partial charge in [0, 0.05) is 12.6 Å². The Labute approximate surface area is 156 Å². The Kier molecular flexibility index (Phi) is 6.38.